The van der Waals surface area contributed by atoms with Crippen LogP contribution in [0, 0.1) is 17.7 Å². The number of fused-ring (bicyclic) bond motifs is 3. The topological polar surface area (TPSA) is 208 Å². The van der Waals surface area contributed by atoms with Crippen LogP contribution < -0.4 is 11.1 Å². The smallest absolute Gasteiger partial charge is 0.276 e. The van der Waals surface area contributed by atoms with E-state index in [9.17, 15) is 39.6 Å². The van der Waals surface area contributed by atoms with Crippen molar-refractivity contribution in [3.63, 3.8) is 0 Å². The normalized spacial score (nSPS) is 26.0. The van der Waals surface area contributed by atoms with E-state index in [0.29, 0.717) is 0 Å². The van der Waals surface area contributed by atoms with Crippen molar-refractivity contribution in [2.24, 2.45) is 24.6 Å². The number of aryl methyl sites for hydroxylation is 1. The van der Waals surface area contributed by atoms with Gasteiger partial charge in [0.05, 0.1) is 17.3 Å². The summed E-state index contributed by atoms with van der Waals surface area (Å²) in [7, 11) is 4.59. The molecule has 7 N–H and O–H groups in total. The van der Waals surface area contributed by atoms with Gasteiger partial charge < -0.3 is 31.5 Å². The number of phenolic OH excluding ortho intramolecular Hbond substituents is 1. The maximum atomic E-state index is 15.4. The number of amides is 2. The van der Waals surface area contributed by atoms with E-state index >= 15 is 4.39 Å². The molecule has 0 saturated carbocycles. The third-order valence-electron chi connectivity index (χ3n) is 7.86. The summed E-state index contributed by atoms with van der Waals surface area (Å²) in [5.41, 5.74) is -0.0999. The molecule has 0 bridgehead atoms. The second-order valence-electron chi connectivity index (χ2n) is 10.4. The molecule has 1 aromatic carbocycles. The lowest BCUT2D eigenvalue weighted by Crippen LogP contribution is -2.63. The zero-order chi connectivity index (χ0) is 29.4. The van der Waals surface area contributed by atoms with Crippen molar-refractivity contribution in [1.82, 2.24) is 14.7 Å². The third-order valence-corrected chi connectivity index (χ3v) is 7.86. The van der Waals surface area contributed by atoms with Gasteiger partial charge in [-0.15, -0.1) is 0 Å². The highest BCUT2D eigenvalue weighted by Gasteiger charge is 2.63. The number of hydrogen-bond acceptors (Lipinski definition) is 10. The van der Waals surface area contributed by atoms with Crippen LogP contribution in [0.1, 0.15) is 32.8 Å². The van der Waals surface area contributed by atoms with E-state index in [-0.39, 0.29) is 24.1 Å². The van der Waals surface area contributed by atoms with Crippen LogP contribution in [-0.2, 0) is 23.1 Å². The molecule has 0 saturated heterocycles. The second kappa shape index (κ2) is 8.99. The Balaban J connectivity index is 1.63. The van der Waals surface area contributed by atoms with Crippen molar-refractivity contribution in [3.05, 3.63) is 63.6 Å². The first-order valence-electron chi connectivity index (χ1n) is 12.2. The van der Waals surface area contributed by atoms with Crippen molar-refractivity contribution in [2.75, 3.05) is 19.4 Å². The van der Waals surface area contributed by atoms with Gasteiger partial charge in [-0.25, -0.2) is 4.39 Å². The van der Waals surface area contributed by atoms with E-state index in [2.05, 4.69) is 10.4 Å². The molecule has 2 aromatic rings. The molecule has 0 aliphatic heterocycles. The minimum atomic E-state index is -2.82. The number of nitrogens with zero attached hydrogens (tertiary/aromatic N) is 3. The number of nitrogens with one attached hydrogen (secondary N) is 1. The van der Waals surface area contributed by atoms with Gasteiger partial charge in [0.15, 0.2) is 22.8 Å². The molecule has 5 rings (SSSR count). The number of hydrogen-bond donors (Lipinski definition) is 6. The third kappa shape index (κ3) is 3.63. The zero-order valence-electron chi connectivity index (χ0n) is 21.6. The number of rotatable bonds is 4. The minimum Gasteiger partial charge on any atom is -0.510 e. The monoisotopic (exact) mass is 555 g/mol. The van der Waals surface area contributed by atoms with E-state index < -0.39 is 92.3 Å². The molecule has 40 heavy (non-hydrogen) atoms. The van der Waals surface area contributed by atoms with Gasteiger partial charge in [-0.3, -0.25) is 28.8 Å². The number of phenols is 1. The number of aliphatic hydroxyl groups excluding tert-OH is 2. The maximum absolute atomic E-state index is 15.4. The van der Waals surface area contributed by atoms with Crippen molar-refractivity contribution < 1.29 is 44.0 Å². The predicted molar refractivity (Wildman–Crippen MR) is 135 cm³/mol. The Morgan fingerprint density at radius 3 is 2.50 bits per heavy atom. The van der Waals surface area contributed by atoms with Gasteiger partial charge in [0.25, 0.3) is 11.8 Å². The van der Waals surface area contributed by atoms with Crippen molar-refractivity contribution in [3.8, 4) is 5.75 Å². The number of aromatic nitrogens is 2. The number of carbonyl (C=O) groups excluding carboxylic acids is 4. The molecule has 0 spiro atoms. The van der Waals surface area contributed by atoms with Crippen LogP contribution in [0.4, 0.5) is 10.1 Å². The molecule has 3 aliphatic rings. The van der Waals surface area contributed by atoms with Crippen LogP contribution in [-0.4, -0.2) is 84.2 Å². The van der Waals surface area contributed by atoms with Gasteiger partial charge in [-0.2, -0.15) is 5.10 Å². The molecular formula is C26H26FN5O8. The van der Waals surface area contributed by atoms with E-state index in [1.807, 2.05) is 0 Å². The van der Waals surface area contributed by atoms with Crippen LogP contribution in [0.5, 0.6) is 5.75 Å². The van der Waals surface area contributed by atoms with Crippen molar-refractivity contribution >= 4 is 29.1 Å². The lowest BCUT2D eigenvalue weighted by atomic mass is 9.58. The van der Waals surface area contributed by atoms with Gasteiger partial charge in [0, 0.05) is 36.4 Å². The van der Waals surface area contributed by atoms with Crippen LogP contribution in [0.3, 0.4) is 0 Å². The van der Waals surface area contributed by atoms with Gasteiger partial charge >= 0.3 is 0 Å². The Morgan fingerprint density at radius 1 is 1.25 bits per heavy atom. The number of benzene rings is 1. The molecule has 4 atom stereocenters. The number of likely N-dealkylation sites (N-methyl/N-ethyl adjacent to an activating group) is 1. The Kier molecular flexibility index (Phi) is 6.08. The highest BCUT2D eigenvalue weighted by atomic mass is 19.1. The SMILES string of the molecule is CN(C)[C@@H]1C(O)=C(C(N)=O)C(=O)[C@@]2(O)C(O)=C3C(=O)c4c(O)c(NC(=O)c5ccn(C)n5)cc(F)c4C[C@H]3C[C@@H]12. The number of primary amides is 1. The molecule has 1 heterocycles. The molecule has 0 fully saturated rings. The van der Waals surface area contributed by atoms with Gasteiger partial charge in [-0.1, -0.05) is 0 Å². The van der Waals surface area contributed by atoms with Crippen molar-refractivity contribution in [2.45, 2.75) is 24.5 Å². The summed E-state index contributed by atoms with van der Waals surface area (Å²) in [6.45, 7) is 0. The fourth-order valence-corrected chi connectivity index (χ4v) is 6.09. The Bertz CT molecular complexity index is 1590. The summed E-state index contributed by atoms with van der Waals surface area (Å²) in [5.74, 6) is -10.2. The lowest BCUT2D eigenvalue weighted by molar-refractivity contribution is -0.148. The van der Waals surface area contributed by atoms with Crippen LogP contribution >= 0.6 is 0 Å². The molecule has 0 radical (unpaired) electrons. The summed E-state index contributed by atoms with van der Waals surface area (Å²) < 4.78 is 16.7. The Hall–Kier alpha value is -4.56. The highest BCUT2D eigenvalue weighted by molar-refractivity contribution is 6.25. The number of ketones is 2. The number of allylic oxidation sites excluding steroid dienone is 1. The van der Waals surface area contributed by atoms with E-state index in [4.69, 9.17) is 5.73 Å². The van der Waals surface area contributed by atoms with Crippen molar-refractivity contribution in [1.29, 1.82) is 0 Å². The fraction of sp³-hybridized carbons (Fsp3) is 0.346. The number of aromatic hydroxyl groups is 1. The number of anilines is 1. The predicted octanol–water partition coefficient (Wildman–Crippen LogP) is 0.246. The summed E-state index contributed by atoms with van der Waals surface area (Å²) >= 11 is 0. The average Bonchev–Trinajstić information content (AvgIpc) is 3.30. The average molecular weight is 556 g/mol. The first kappa shape index (κ1) is 27.0. The second-order valence-corrected chi connectivity index (χ2v) is 10.4. The highest BCUT2D eigenvalue weighted by Crippen LogP contribution is 2.53. The Labute approximate surface area is 226 Å². The first-order chi connectivity index (χ1) is 18.7. The number of halogens is 1. The first-order valence-corrected chi connectivity index (χ1v) is 12.2. The molecule has 210 valence electrons. The number of Topliss-reactive ketones (excluding diaryl/α,β-unsaturated/α-hetero) is 2. The molecule has 2 amide bonds. The van der Waals surface area contributed by atoms with Crippen LogP contribution in [0.15, 0.2) is 41.0 Å². The number of aliphatic hydroxyl groups is 3. The quantitative estimate of drug-likeness (QED) is 0.224. The standard InChI is InChI=1S/C26H26FN5O8/c1-31(2)18-11-7-9-6-10-12(27)8-14(29-25(39)13-4-5-32(3)30-13)19(33)16(10)20(34)15(9)22(36)26(11,40)23(37)17(21(18)35)24(28)38/h4-5,8-9,11,18,33,35-36,40H,6-7H2,1-3H3,(H2,28,38)(H,29,39)/t9-,11-,18-,26-/m0/s1. The zero-order valence-corrected chi connectivity index (χ0v) is 21.6. The van der Waals surface area contributed by atoms with Gasteiger partial charge in [-0.05, 0) is 38.9 Å². The minimum absolute atomic E-state index is 0.0415. The number of nitrogens with two attached hydrogens (primary N) is 1. The largest absolute Gasteiger partial charge is 0.510 e. The molecule has 14 heteroatoms. The summed E-state index contributed by atoms with van der Waals surface area (Å²) in [4.78, 5) is 53.1. The van der Waals surface area contributed by atoms with Crippen LogP contribution in [0.25, 0.3) is 0 Å². The molecule has 13 nitrogen and oxygen atoms in total. The summed E-state index contributed by atoms with van der Waals surface area (Å²) in [6, 6.07) is 1.08. The maximum Gasteiger partial charge on any atom is 0.276 e. The molecule has 3 aliphatic carbocycles. The van der Waals surface area contributed by atoms with Gasteiger partial charge in [0.2, 0.25) is 5.78 Å². The van der Waals surface area contributed by atoms with Gasteiger partial charge in [0.1, 0.15) is 22.9 Å². The summed E-state index contributed by atoms with van der Waals surface area (Å²) in [6.07, 6.45) is 1.10. The van der Waals surface area contributed by atoms with E-state index in [1.54, 1.807) is 7.05 Å². The summed E-state index contributed by atoms with van der Waals surface area (Å²) in [5, 5.41) is 50.9. The van der Waals surface area contributed by atoms with Crippen LogP contribution in [0.2, 0.25) is 0 Å². The number of carbonyl (C=O) groups is 4. The Morgan fingerprint density at radius 2 is 1.93 bits per heavy atom. The lowest BCUT2D eigenvalue weighted by Gasteiger charge is -2.50. The molecule has 1 aromatic heterocycles. The van der Waals surface area contributed by atoms with E-state index in [0.717, 1.165) is 6.07 Å². The molecule has 0 unspecified atom stereocenters. The fourth-order valence-electron chi connectivity index (χ4n) is 6.09. The van der Waals surface area contributed by atoms with E-state index in [1.165, 1.54) is 35.9 Å². The molecular weight excluding hydrogens is 529 g/mol.